The number of rotatable bonds is 8. The number of guanidine groups is 1. The second kappa shape index (κ2) is 11.4. The first-order chi connectivity index (χ1) is 13.8. The van der Waals surface area contributed by atoms with Gasteiger partial charge in [0.25, 0.3) is 0 Å². The van der Waals surface area contributed by atoms with E-state index in [4.69, 9.17) is 9.56 Å². The van der Waals surface area contributed by atoms with Gasteiger partial charge in [0.2, 0.25) is 10.0 Å². The van der Waals surface area contributed by atoms with Crippen LogP contribution in [0.5, 0.6) is 0 Å². The Morgan fingerprint density at radius 1 is 1.27 bits per heavy atom. The third-order valence-corrected chi connectivity index (χ3v) is 7.31. The van der Waals surface area contributed by atoms with Crippen LogP contribution >= 0.6 is 35.7 Å². The number of nitrogens with two attached hydrogens (primary N) is 1. The molecule has 30 heavy (non-hydrogen) atoms. The van der Waals surface area contributed by atoms with Gasteiger partial charge < -0.3 is 15.1 Å². The number of primary sulfonamides is 1. The average molecular weight is 565 g/mol. The monoisotopic (exact) mass is 564 g/mol. The molecule has 0 bridgehead atoms. The van der Waals surface area contributed by atoms with Gasteiger partial charge in [0.1, 0.15) is 5.76 Å². The van der Waals surface area contributed by atoms with E-state index in [0.717, 1.165) is 30.2 Å². The summed E-state index contributed by atoms with van der Waals surface area (Å²) in [6, 6.07) is 10.3. The van der Waals surface area contributed by atoms with Crippen LogP contribution in [-0.4, -0.2) is 38.0 Å². The fraction of sp³-hybridized carbons (Fsp3) is 0.450. The zero-order valence-electron chi connectivity index (χ0n) is 17.0. The summed E-state index contributed by atoms with van der Waals surface area (Å²) >= 11 is 2.00. The number of halogens is 1. The van der Waals surface area contributed by atoms with Gasteiger partial charge >= 0.3 is 0 Å². The number of hydrogen-bond donors (Lipinski definition) is 3. The van der Waals surface area contributed by atoms with Gasteiger partial charge in [-0.05, 0) is 55.3 Å². The number of aliphatic imine (C=N–C) groups is 1. The average Bonchev–Trinajstić information content (AvgIpc) is 3.35. The lowest BCUT2D eigenvalue weighted by atomic mass is 10.1. The number of sulfonamides is 1. The quantitative estimate of drug-likeness (QED) is 0.258. The minimum Gasteiger partial charge on any atom is -0.469 e. The van der Waals surface area contributed by atoms with E-state index in [1.807, 2.05) is 23.9 Å². The molecular formula is C20H29IN4O3S2. The molecule has 4 N–H and O–H groups in total. The third kappa shape index (κ3) is 7.78. The highest BCUT2D eigenvalue weighted by atomic mass is 127. The minimum atomic E-state index is -3.68. The standard InChI is InChI=1S/C20H28N4O3S2.HI/c1-20(10-3-13-28-20)15-24-19(22-11-9-17-4-2-12-27-17)23-14-16-5-7-18(8-6-16)29(21,25)26;/h2,4-8,12H,3,9-11,13-15H2,1H3,(H2,21,25,26)(H2,22,23,24);1H. The zero-order valence-corrected chi connectivity index (χ0v) is 20.9. The molecule has 1 atom stereocenters. The van der Waals surface area contributed by atoms with Gasteiger partial charge in [0, 0.05) is 24.3 Å². The van der Waals surface area contributed by atoms with Crippen LogP contribution in [0.3, 0.4) is 0 Å². The molecule has 1 unspecified atom stereocenters. The summed E-state index contributed by atoms with van der Waals surface area (Å²) in [7, 11) is -3.68. The third-order valence-electron chi connectivity index (χ3n) is 4.85. The van der Waals surface area contributed by atoms with E-state index in [0.29, 0.717) is 13.1 Å². The predicted molar refractivity (Wildman–Crippen MR) is 133 cm³/mol. The summed E-state index contributed by atoms with van der Waals surface area (Å²) in [6.07, 6.45) is 4.88. The van der Waals surface area contributed by atoms with Crippen molar-refractivity contribution in [3.8, 4) is 0 Å². The molecule has 1 saturated heterocycles. The van der Waals surface area contributed by atoms with Crippen LogP contribution < -0.4 is 15.8 Å². The summed E-state index contributed by atoms with van der Waals surface area (Å²) in [4.78, 5) is 4.77. The molecule has 2 heterocycles. The Kier molecular flexibility index (Phi) is 9.51. The smallest absolute Gasteiger partial charge is 0.238 e. The molecule has 0 aliphatic carbocycles. The van der Waals surface area contributed by atoms with E-state index in [1.54, 1.807) is 18.4 Å². The molecule has 0 radical (unpaired) electrons. The molecule has 3 rings (SSSR count). The Bertz CT molecular complexity index is 910. The molecule has 0 amide bonds. The number of thioether (sulfide) groups is 1. The van der Waals surface area contributed by atoms with Crippen LogP contribution in [0.25, 0.3) is 0 Å². The van der Waals surface area contributed by atoms with E-state index in [-0.39, 0.29) is 33.6 Å². The Hall–Kier alpha value is -1.24. The highest BCUT2D eigenvalue weighted by molar-refractivity contribution is 14.0. The second-order valence-corrected chi connectivity index (χ2v) is 10.6. The lowest BCUT2D eigenvalue weighted by Crippen LogP contribution is -2.44. The van der Waals surface area contributed by atoms with E-state index in [9.17, 15) is 8.42 Å². The molecule has 2 aromatic rings. The van der Waals surface area contributed by atoms with Crippen molar-refractivity contribution in [2.45, 2.75) is 42.4 Å². The van der Waals surface area contributed by atoms with Crippen LogP contribution in [0, 0.1) is 0 Å². The SMILES string of the molecule is CC1(CNC(=NCc2ccc(S(N)(=O)=O)cc2)NCCc2ccco2)CCCS1.I. The first-order valence-electron chi connectivity index (χ1n) is 9.64. The first kappa shape index (κ1) is 25.0. The fourth-order valence-corrected chi connectivity index (χ4v) is 4.89. The minimum absolute atomic E-state index is 0. The van der Waals surface area contributed by atoms with Crippen LogP contribution in [0.15, 0.2) is 57.0 Å². The largest absolute Gasteiger partial charge is 0.469 e. The number of hydrogen-bond acceptors (Lipinski definition) is 5. The number of nitrogens with zero attached hydrogens (tertiary/aromatic N) is 1. The van der Waals surface area contributed by atoms with Crippen LogP contribution in [-0.2, 0) is 23.0 Å². The molecule has 1 aromatic heterocycles. The molecule has 1 aromatic carbocycles. The maximum Gasteiger partial charge on any atom is 0.238 e. The second-order valence-electron chi connectivity index (χ2n) is 7.37. The zero-order chi connectivity index (χ0) is 20.7. The van der Waals surface area contributed by atoms with Gasteiger partial charge in [0.15, 0.2) is 5.96 Å². The van der Waals surface area contributed by atoms with Gasteiger partial charge in [-0.1, -0.05) is 12.1 Å². The summed E-state index contributed by atoms with van der Waals surface area (Å²) in [6.45, 7) is 4.26. The normalized spacial score (nSPS) is 19.3. The van der Waals surface area contributed by atoms with Crippen molar-refractivity contribution >= 4 is 51.7 Å². The Morgan fingerprint density at radius 3 is 2.63 bits per heavy atom. The number of nitrogens with one attached hydrogen (secondary N) is 2. The van der Waals surface area contributed by atoms with Crippen molar-refractivity contribution in [1.82, 2.24) is 10.6 Å². The highest BCUT2D eigenvalue weighted by Gasteiger charge is 2.29. The van der Waals surface area contributed by atoms with Gasteiger partial charge in [0.05, 0.1) is 17.7 Å². The summed E-state index contributed by atoms with van der Waals surface area (Å²) in [5, 5.41) is 12.0. The predicted octanol–water partition coefficient (Wildman–Crippen LogP) is 3.11. The van der Waals surface area contributed by atoms with Gasteiger partial charge in [-0.15, -0.1) is 24.0 Å². The fourth-order valence-electron chi connectivity index (χ4n) is 3.14. The maximum atomic E-state index is 11.4. The molecule has 7 nitrogen and oxygen atoms in total. The van der Waals surface area contributed by atoms with Crippen molar-refractivity contribution in [3.05, 3.63) is 54.0 Å². The van der Waals surface area contributed by atoms with Crippen LogP contribution in [0.4, 0.5) is 0 Å². The molecule has 0 spiro atoms. The molecule has 166 valence electrons. The lowest BCUT2D eigenvalue weighted by molar-refractivity contribution is 0.506. The van der Waals surface area contributed by atoms with Gasteiger partial charge in [-0.2, -0.15) is 11.8 Å². The van der Waals surface area contributed by atoms with Crippen LogP contribution in [0.1, 0.15) is 31.1 Å². The van der Waals surface area contributed by atoms with E-state index < -0.39 is 10.0 Å². The van der Waals surface area contributed by atoms with E-state index in [1.165, 1.54) is 30.7 Å². The Balaban J connectivity index is 0.00000320. The lowest BCUT2D eigenvalue weighted by Gasteiger charge is -2.24. The van der Waals surface area contributed by atoms with Crippen LogP contribution in [0.2, 0.25) is 0 Å². The number of benzene rings is 1. The number of furan rings is 1. The van der Waals surface area contributed by atoms with Crippen molar-refractivity contribution in [1.29, 1.82) is 0 Å². The van der Waals surface area contributed by atoms with Crippen molar-refractivity contribution in [3.63, 3.8) is 0 Å². The Labute approximate surface area is 199 Å². The first-order valence-corrected chi connectivity index (χ1v) is 12.2. The molecule has 0 saturated carbocycles. The van der Waals surface area contributed by atoms with Crippen molar-refractivity contribution in [2.24, 2.45) is 10.1 Å². The maximum absolute atomic E-state index is 11.4. The topological polar surface area (TPSA) is 110 Å². The highest BCUT2D eigenvalue weighted by Crippen LogP contribution is 2.36. The van der Waals surface area contributed by atoms with Gasteiger partial charge in [-0.3, -0.25) is 0 Å². The summed E-state index contributed by atoms with van der Waals surface area (Å²) in [5.74, 6) is 2.86. The van der Waals surface area contributed by atoms with E-state index in [2.05, 4.69) is 22.5 Å². The summed E-state index contributed by atoms with van der Waals surface area (Å²) < 4.78 is 28.4. The van der Waals surface area contributed by atoms with Crippen molar-refractivity contribution < 1.29 is 12.8 Å². The van der Waals surface area contributed by atoms with Gasteiger partial charge in [-0.25, -0.2) is 18.5 Å². The Morgan fingerprint density at radius 2 is 2.03 bits per heavy atom. The molecule has 1 aliphatic heterocycles. The molecular weight excluding hydrogens is 535 g/mol. The molecule has 10 heteroatoms. The van der Waals surface area contributed by atoms with E-state index >= 15 is 0 Å². The summed E-state index contributed by atoms with van der Waals surface area (Å²) in [5.41, 5.74) is 0.908. The molecule has 1 fully saturated rings. The van der Waals surface area contributed by atoms with Crippen molar-refractivity contribution in [2.75, 3.05) is 18.8 Å². The molecule has 1 aliphatic rings.